The average Bonchev–Trinajstić information content (AvgIpc) is 2.01. The minimum atomic E-state index is 0.800. The Bertz CT molecular complexity index is 125. The van der Waals surface area contributed by atoms with E-state index in [4.69, 9.17) is 0 Å². The van der Waals surface area contributed by atoms with Crippen LogP contribution in [0.2, 0.25) is 0 Å². The molecule has 0 radical (unpaired) electrons. The highest BCUT2D eigenvalue weighted by molar-refractivity contribution is 4.95. The summed E-state index contributed by atoms with van der Waals surface area (Å²) < 4.78 is 0. The Hall–Kier alpha value is -0.440. The zero-order chi connectivity index (χ0) is 8.53. The molecule has 0 spiro atoms. The Balaban J connectivity index is 3.19. The summed E-state index contributed by atoms with van der Waals surface area (Å²) in [6.07, 6.45) is 6.52. The summed E-state index contributed by atoms with van der Waals surface area (Å²) >= 11 is 0. The molecule has 0 rings (SSSR count). The molecule has 0 amide bonds. The van der Waals surface area contributed by atoms with Gasteiger partial charge in [0.2, 0.25) is 0 Å². The molecule has 0 fully saturated rings. The molecule has 0 aromatic rings. The van der Waals surface area contributed by atoms with Gasteiger partial charge in [-0.3, -0.25) is 0 Å². The van der Waals surface area contributed by atoms with Gasteiger partial charge in [-0.1, -0.05) is 33.1 Å². The summed E-state index contributed by atoms with van der Waals surface area (Å²) in [5.41, 5.74) is 0. The first kappa shape index (κ1) is 10.6. The maximum absolute atomic E-state index is 3.12. The summed E-state index contributed by atoms with van der Waals surface area (Å²) in [7, 11) is 0. The second-order valence-electron chi connectivity index (χ2n) is 3.23. The van der Waals surface area contributed by atoms with Crippen molar-refractivity contribution in [3.8, 4) is 11.8 Å². The molecule has 11 heavy (non-hydrogen) atoms. The molecule has 1 unspecified atom stereocenters. The lowest BCUT2D eigenvalue weighted by Crippen LogP contribution is -1.92. The predicted octanol–water partition coefficient (Wildman–Crippen LogP) is 3.62. The van der Waals surface area contributed by atoms with Crippen molar-refractivity contribution >= 4 is 0 Å². The Morgan fingerprint density at radius 1 is 1.27 bits per heavy atom. The quantitative estimate of drug-likeness (QED) is 0.417. The van der Waals surface area contributed by atoms with Crippen LogP contribution in [0, 0.1) is 17.8 Å². The third-order valence-corrected chi connectivity index (χ3v) is 1.93. The van der Waals surface area contributed by atoms with E-state index in [1.165, 1.54) is 25.7 Å². The van der Waals surface area contributed by atoms with E-state index in [1.54, 1.807) is 0 Å². The minimum absolute atomic E-state index is 0.800. The summed E-state index contributed by atoms with van der Waals surface area (Å²) in [6, 6.07) is 0. The van der Waals surface area contributed by atoms with Crippen molar-refractivity contribution in [1.82, 2.24) is 0 Å². The maximum Gasteiger partial charge on any atom is 0.0114 e. The monoisotopic (exact) mass is 152 g/mol. The molecule has 0 heteroatoms. The van der Waals surface area contributed by atoms with E-state index in [2.05, 4.69) is 25.7 Å². The van der Waals surface area contributed by atoms with Crippen molar-refractivity contribution in [2.45, 2.75) is 52.9 Å². The SMILES string of the molecule is CC#CCC(C)CCCCC. The highest BCUT2D eigenvalue weighted by atomic mass is 14.0. The second kappa shape index (κ2) is 7.66. The molecule has 0 aromatic heterocycles. The van der Waals surface area contributed by atoms with E-state index < -0.39 is 0 Å². The number of hydrogen-bond donors (Lipinski definition) is 0. The Morgan fingerprint density at radius 2 is 2.00 bits per heavy atom. The predicted molar refractivity (Wildman–Crippen MR) is 51.4 cm³/mol. The van der Waals surface area contributed by atoms with Gasteiger partial charge in [0.1, 0.15) is 0 Å². The summed E-state index contributed by atoms with van der Waals surface area (Å²) in [5, 5.41) is 0. The van der Waals surface area contributed by atoms with Gasteiger partial charge in [0.25, 0.3) is 0 Å². The van der Waals surface area contributed by atoms with Crippen LogP contribution in [0.4, 0.5) is 0 Å². The van der Waals surface area contributed by atoms with E-state index in [-0.39, 0.29) is 0 Å². The summed E-state index contributed by atoms with van der Waals surface area (Å²) in [4.78, 5) is 0. The topological polar surface area (TPSA) is 0 Å². The molecule has 0 saturated heterocycles. The Labute approximate surface area is 71.4 Å². The van der Waals surface area contributed by atoms with Crippen LogP contribution in [0.25, 0.3) is 0 Å². The first-order valence-corrected chi connectivity index (χ1v) is 4.70. The van der Waals surface area contributed by atoms with E-state index in [9.17, 15) is 0 Å². The normalized spacial score (nSPS) is 11.9. The van der Waals surface area contributed by atoms with E-state index in [0.717, 1.165) is 12.3 Å². The molecule has 0 aromatic carbocycles. The minimum Gasteiger partial charge on any atom is -0.107 e. The highest BCUT2D eigenvalue weighted by Gasteiger charge is 1.97. The van der Waals surface area contributed by atoms with Crippen molar-refractivity contribution in [2.24, 2.45) is 5.92 Å². The number of unbranched alkanes of at least 4 members (excludes halogenated alkanes) is 2. The molecule has 0 aliphatic carbocycles. The second-order valence-corrected chi connectivity index (χ2v) is 3.23. The first-order valence-electron chi connectivity index (χ1n) is 4.70. The average molecular weight is 152 g/mol. The van der Waals surface area contributed by atoms with Gasteiger partial charge >= 0.3 is 0 Å². The molecule has 0 N–H and O–H groups in total. The van der Waals surface area contributed by atoms with Gasteiger partial charge in [0, 0.05) is 6.42 Å². The molecule has 1 atom stereocenters. The van der Waals surface area contributed by atoms with Crippen molar-refractivity contribution < 1.29 is 0 Å². The fourth-order valence-corrected chi connectivity index (χ4v) is 1.12. The molecular formula is C11H20. The van der Waals surface area contributed by atoms with Crippen LogP contribution in [0.5, 0.6) is 0 Å². The van der Waals surface area contributed by atoms with Crippen LogP contribution < -0.4 is 0 Å². The van der Waals surface area contributed by atoms with E-state index >= 15 is 0 Å². The van der Waals surface area contributed by atoms with Crippen molar-refractivity contribution in [1.29, 1.82) is 0 Å². The smallest absolute Gasteiger partial charge is 0.0114 e. The van der Waals surface area contributed by atoms with Crippen molar-refractivity contribution in [3.63, 3.8) is 0 Å². The van der Waals surface area contributed by atoms with Crippen LogP contribution in [-0.2, 0) is 0 Å². The van der Waals surface area contributed by atoms with Gasteiger partial charge in [-0.05, 0) is 19.3 Å². The molecule has 0 aliphatic heterocycles. The van der Waals surface area contributed by atoms with Crippen LogP contribution in [0.1, 0.15) is 52.9 Å². The van der Waals surface area contributed by atoms with Gasteiger partial charge in [-0.2, -0.15) is 0 Å². The third-order valence-electron chi connectivity index (χ3n) is 1.93. The van der Waals surface area contributed by atoms with Crippen LogP contribution in [0.15, 0.2) is 0 Å². The lowest BCUT2D eigenvalue weighted by molar-refractivity contribution is 0.506. The molecule has 0 aliphatic rings. The van der Waals surface area contributed by atoms with Gasteiger partial charge in [-0.25, -0.2) is 0 Å². The number of rotatable bonds is 5. The first-order chi connectivity index (χ1) is 5.31. The summed E-state index contributed by atoms with van der Waals surface area (Å²) in [5.74, 6) is 6.86. The van der Waals surface area contributed by atoms with Crippen molar-refractivity contribution in [2.75, 3.05) is 0 Å². The van der Waals surface area contributed by atoms with E-state index in [0.29, 0.717) is 0 Å². The van der Waals surface area contributed by atoms with Gasteiger partial charge in [-0.15, -0.1) is 11.8 Å². The fraction of sp³-hybridized carbons (Fsp3) is 0.818. The molecule has 0 heterocycles. The third kappa shape index (κ3) is 7.46. The standard InChI is InChI=1S/C11H20/c1-4-6-8-10-11(3)9-7-5-2/h11H,4,6,8-10H2,1-3H3. The molecule has 64 valence electrons. The lowest BCUT2D eigenvalue weighted by Gasteiger charge is -2.05. The molecule has 0 bridgehead atoms. The molecule has 0 nitrogen and oxygen atoms in total. The Kier molecular flexibility index (Phi) is 7.36. The van der Waals surface area contributed by atoms with Crippen molar-refractivity contribution in [3.05, 3.63) is 0 Å². The van der Waals surface area contributed by atoms with Crippen LogP contribution in [0.3, 0.4) is 0 Å². The van der Waals surface area contributed by atoms with Crippen LogP contribution >= 0.6 is 0 Å². The zero-order valence-corrected chi connectivity index (χ0v) is 8.11. The van der Waals surface area contributed by atoms with Gasteiger partial charge < -0.3 is 0 Å². The highest BCUT2D eigenvalue weighted by Crippen LogP contribution is 2.11. The van der Waals surface area contributed by atoms with E-state index in [1.807, 2.05) is 6.92 Å². The Morgan fingerprint density at radius 3 is 2.55 bits per heavy atom. The lowest BCUT2D eigenvalue weighted by atomic mass is 10.0. The largest absolute Gasteiger partial charge is 0.107 e. The van der Waals surface area contributed by atoms with Gasteiger partial charge in [0.05, 0.1) is 0 Å². The fourth-order valence-electron chi connectivity index (χ4n) is 1.12. The van der Waals surface area contributed by atoms with Gasteiger partial charge in [0.15, 0.2) is 0 Å². The van der Waals surface area contributed by atoms with Crippen LogP contribution in [-0.4, -0.2) is 0 Å². The number of hydrogen-bond acceptors (Lipinski definition) is 0. The molecule has 0 saturated carbocycles. The zero-order valence-electron chi connectivity index (χ0n) is 8.11. The summed E-state index contributed by atoms with van der Waals surface area (Å²) in [6.45, 7) is 6.45. The maximum atomic E-state index is 3.12. The molecular weight excluding hydrogens is 132 g/mol.